The summed E-state index contributed by atoms with van der Waals surface area (Å²) >= 11 is 10.4. The summed E-state index contributed by atoms with van der Waals surface area (Å²) in [4.78, 5) is 35.4. The van der Waals surface area contributed by atoms with E-state index in [1.807, 2.05) is 0 Å². The number of benzene rings is 2. The molecule has 0 saturated heterocycles. The van der Waals surface area contributed by atoms with E-state index in [4.69, 9.17) is 11.6 Å². The molecular formula is C19H12BrClN3O4S-. The molecule has 3 aromatic rings. The molecule has 1 N–H and O–H groups in total. The zero-order valence-corrected chi connectivity index (χ0v) is 17.8. The topological polar surface area (TPSA) is 104 Å². The van der Waals surface area contributed by atoms with Gasteiger partial charge in [-0.15, -0.1) is 0 Å². The number of aromatic carboxylic acids is 1. The molecule has 0 aliphatic heterocycles. The number of halogens is 2. The Balaban J connectivity index is 1.76. The minimum atomic E-state index is -1.30. The Morgan fingerprint density at radius 2 is 2.00 bits per heavy atom. The number of thiazole rings is 1. The highest BCUT2D eigenvalue weighted by Gasteiger charge is 2.13. The van der Waals surface area contributed by atoms with Gasteiger partial charge in [-0.05, 0) is 45.3 Å². The average molecular weight is 494 g/mol. The second kappa shape index (κ2) is 9.17. The normalized spacial score (nSPS) is 11.0. The molecule has 10 heteroatoms. The van der Waals surface area contributed by atoms with Gasteiger partial charge in [-0.25, -0.2) is 5.43 Å². The number of aromatic nitrogens is 1. The Labute approximate surface area is 182 Å². The summed E-state index contributed by atoms with van der Waals surface area (Å²) in [5, 5.41) is 15.0. The molecular weight excluding hydrogens is 482 g/mol. The molecule has 1 amide bonds. The van der Waals surface area contributed by atoms with Crippen LogP contribution in [-0.2, 0) is 6.54 Å². The van der Waals surface area contributed by atoms with Gasteiger partial charge in [0.1, 0.15) is 5.15 Å². The van der Waals surface area contributed by atoms with Crippen LogP contribution in [0.4, 0.5) is 0 Å². The molecule has 0 fully saturated rings. The molecule has 1 heterocycles. The number of hydrogen-bond donors (Lipinski definition) is 1. The molecule has 3 rings (SSSR count). The predicted octanol–water partition coefficient (Wildman–Crippen LogP) is 2.50. The summed E-state index contributed by atoms with van der Waals surface area (Å²) in [5.74, 6) is -1.72. The molecule has 0 unspecified atom stereocenters. The van der Waals surface area contributed by atoms with Crippen LogP contribution in [0, 0.1) is 0 Å². The molecule has 0 aliphatic carbocycles. The van der Waals surface area contributed by atoms with E-state index in [0.717, 1.165) is 11.3 Å². The highest BCUT2D eigenvalue weighted by molar-refractivity contribution is 9.10. The van der Waals surface area contributed by atoms with Crippen LogP contribution in [0.2, 0.25) is 5.15 Å². The highest BCUT2D eigenvalue weighted by Crippen LogP contribution is 2.19. The SMILES string of the molecule is O=C([O-])c1cccc(Cn2c(Cl)c(/C=N\NC(=O)c3ccccc3Br)sc2=O)c1. The maximum Gasteiger partial charge on any atom is 0.309 e. The molecule has 0 bridgehead atoms. The molecule has 0 radical (unpaired) electrons. The maximum absolute atomic E-state index is 12.3. The smallest absolute Gasteiger partial charge is 0.309 e. The first-order valence-corrected chi connectivity index (χ1v) is 10.1. The van der Waals surface area contributed by atoms with Crippen LogP contribution in [-0.4, -0.2) is 22.7 Å². The van der Waals surface area contributed by atoms with E-state index in [9.17, 15) is 19.5 Å². The second-order valence-electron chi connectivity index (χ2n) is 5.78. The fraction of sp³-hybridized carbons (Fsp3) is 0.0526. The lowest BCUT2D eigenvalue weighted by Gasteiger charge is -2.07. The second-order valence-corrected chi connectivity index (χ2v) is 7.98. The van der Waals surface area contributed by atoms with Crippen LogP contribution >= 0.6 is 38.9 Å². The lowest BCUT2D eigenvalue weighted by Crippen LogP contribution is -2.22. The van der Waals surface area contributed by atoms with Crippen molar-refractivity contribution < 1.29 is 14.7 Å². The summed E-state index contributed by atoms with van der Waals surface area (Å²) in [5.41, 5.74) is 3.39. The lowest BCUT2D eigenvalue weighted by molar-refractivity contribution is -0.255. The number of amides is 1. The van der Waals surface area contributed by atoms with Crippen LogP contribution < -0.4 is 15.4 Å². The molecule has 0 aliphatic rings. The standard InChI is InChI=1S/C19H13BrClN3O4S/c20-14-7-2-1-6-13(14)17(25)23-22-9-15-16(21)24(19(28)29-15)10-11-4-3-5-12(8-11)18(26)27/h1-9H,10H2,(H,23,25)(H,26,27)/p-1/b22-9-. The predicted molar refractivity (Wildman–Crippen MR) is 113 cm³/mol. The van der Waals surface area contributed by atoms with Gasteiger partial charge in [-0.1, -0.05) is 53.3 Å². The van der Waals surface area contributed by atoms with Crippen molar-refractivity contribution in [3.05, 3.63) is 89.4 Å². The highest BCUT2D eigenvalue weighted by atomic mass is 79.9. The molecule has 0 atom stereocenters. The first kappa shape index (κ1) is 21.0. The van der Waals surface area contributed by atoms with Gasteiger partial charge in [0.15, 0.2) is 0 Å². The quantitative estimate of drug-likeness (QED) is 0.421. The van der Waals surface area contributed by atoms with Crippen LogP contribution in [0.25, 0.3) is 0 Å². The van der Waals surface area contributed by atoms with Crippen molar-refractivity contribution in [2.75, 3.05) is 0 Å². The third kappa shape index (κ3) is 5.00. The van der Waals surface area contributed by atoms with Crippen LogP contribution in [0.1, 0.15) is 31.2 Å². The minimum absolute atomic E-state index is 0.0125. The number of carboxylic acid groups (broad SMARTS) is 1. The number of nitrogens with zero attached hydrogens (tertiary/aromatic N) is 2. The van der Waals surface area contributed by atoms with Gasteiger partial charge in [-0.2, -0.15) is 5.10 Å². The van der Waals surface area contributed by atoms with Gasteiger partial charge in [0.25, 0.3) is 5.91 Å². The fourth-order valence-corrected chi connectivity index (χ4v) is 4.02. The summed E-state index contributed by atoms with van der Waals surface area (Å²) in [7, 11) is 0. The minimum Gasteiger partial charge on any atom is -0.545 e. The molecule has 2 aromatic carbocycles. The van der Waals surface area contributed by atoms with Crippen molar-refractivity contribution in [1.29, 1.82) is 0 Å². The van der Waals surface area contributed by atoms with Crippen molar-refractivity contribution in [3.8, 4) is 0 Å². The third-order valence-electron chi connectivity index (χ3n) is 3.83. The van der Waals surface area contributed by atoms with E-state index in [0.29, 0.717) is 20.5 Å². The van der Waals surface area contributed by atoms with E-state index >= 15 is 0 Å². The molecule has 7 nitrogen and oxygen atoms in total. The Bertz CT molecular complexity index is 1170. The Morgan fingerprint density at radius 1 is 1.24 bits per heavy atom. The van der Waals surface area contributed by atoms with Crippen molar-refractivity contribution in [1.82, 2.24) is 9.99 Å². The van der Waals surface area contributed by atoms with Crippen molar-refractivity contribution >= 4 is 57.0 Å². The summed E-state index contributed by atoms with van der Waals surface area (Å²) < 4.78 is 1.91. The number of carboxylic acids is 1. The molecule has 1 aromatic heterocycles. The number of hydrogen-bond acceptors (Lipinski definition) is 6. The van der Waals surface area contributed by atoms with Gasteiger partial charge in [0.2, 0.25) is 0 Å². The van der Waals surface area contributed by atoms with Crippen LogP contribution in [0.5, 0.6) is 0 Å². The molecule has 29 heavy (non-hydrogen) atoms. The zero-order valence-electron chi connectivity index (χ0n) is 14.6. The number of carbonyl (C=O) groups excluding carboxylic acids is 2. The van der Waals surface area contributed by atoms with E-state index in [-0.39, 0.29) is 22.1 Å². The van der Waals surface area contributed by atoms with Crippen LogP contribution in [0.3, 0.4) is 0 Å². The molecule has 0 spiro atoms. The zero-order chi connectivity index (χ0) is 21.0. The van der Waals surface area contributed by atoms with Crippen molar-refractivity contribution in [3.63, 3.8) is 0 Å². The number of carbonyl (C=O) groups is 2. The van der Waals surface area contributed by atoms with E-state index < -0.39 is 11.9 Å². The van der Waals surface area contributed by atoms with Gasteiger partial charge in [0.05, 0.1) is 29.2 Å². The van der Waals surface area contributed by atoms with Crippen LogP contribution in [0.15, 0.2) is 62.9 Å². The lowest BCUT2D eigenvalue weighted by atomic mass is 10.1. The summed E-state index contributed by atoms with van der Waals surface area (Å²) in [6.07, 6.45) is 1.29. The first-order chi connectivity index (χ1) is 13.9. The fourth-order valence-electron chi connectivity index (χ4n) is 2.45. The van der Waals surface area contributed by atoms with Gasteiger partial charge >= 0.3 is 4.87 Å². The monoisotopic (exact) mass is 492 g/mol. The summed E-state index contributed by atoms with van der Waals surface area (Å²) in [6.45, 7) is 0.0897. The van der Waals surface area contributed by atoms with Gasteiger partial charge in [-0.3, -0.25) is 14.2 Å². The maximum atomic E-state index is 12.3. The summed E-state index contributed by atoms with van der Waals surface area (Å²) in [6, 6.07) is 12.9. The first-order valence-electron chi connectivity index (χ1n) is 8.14. The van der Waals surface area contributed by atoms with Crippen molar-refractivity contribution in [2.24, 2.45) is 5.10 Å². The largest absolute Gasteiger partial charge is 0.545 e. The Hall–Kier alpha value is -2.75. The van der Waals surface area contributed by atoms with E-state index in [1.165, 1.54) is 22.9 Å². The number of hydrazone groups is 1. The van der Waals surface area contributed by atoms with Gasteiger partial charge in [0, 0.05) is 4.47 Å². The molecule has 148 valence electrons. The Morgan fingerprint density at radius 3 is 2.72 bits per heavy atom. The average Bonchev–Trinajstić information content (AvgIpc) is 2.96. The number of nitrogens with one attached hydrogen (secondary N) is 1. The van der Waals surface area contributed by atoms with E-state index in [2.05, 4.69) is 26.5 Å². The van der Waals surface area contributed by atoms with Gasteiger partial charge < -0.3 is 9.90 Å². The molecule has 0 saturated carbocycles. The Kier molecular flexibility index (Phi) is 6.63. The third-order valence-corrected chi connectivity index (χ3v) is 5.95. The van der Waals surface area contributed by atoms with E-state index in [1.54, 1.807) is 36.4 Å². The van der Waals surface area contributed by atoms with Crippen molar-refractivity contribution in [2.45, 2.75) is 6.54 Å². The number of rotatable bonds is 6.